The number of aldehydes is 2. The zero-order chi connectivity index (χ0) is 38.1. The van der Waals surface area contributed by atoms with Crippen LogP contribution < -0.4 is 9.80 Å². The van der Waals surface area contributed by atoms with Gasteiger partial charge < -0.3 is 9.80 Å². The quantitative estimate of drug-likeness (QED) is 0.111. The molecule has 0 saturated carbocycles. The van der Waals surface area contributed by atoms with Crippen LogP contribution in [0.3, 0.4) is 0 Å². The lowest BCUT2D eigenvalue weighted by Crippen LogP contribution is -2.10. The third-order valence-corrected chi connectivity index (χ3v) is 10.1. The highest BCUT2D eigenvalue weighted by molar-refractivity contribution is 5.83. The normalized spacial score (nSPS) is 10.8. The fourth-order valence-electron chi connectivity index (χ4n) is 7.08. The first-order valence-electron chi connectivity index (χ1n) is 18.8. The highest BCUT2D eigenvalue weighted by Gasteiger charge is 2.15. The summed E-state index contributed by atoms with van der Waals surface area (Å²) in [5, 5.41) is 0. The van der Waals surface area contributed by atoms with Crippen molar-refractivity contribution in [3.05, 3.63) is 229 Å². The standard InChI is InChI=1S/C52H40N2O2/c55-37-41-17-29-49(30-18-41)53(51-33-21-45(22-34-51)43-7-3-1-4-8-43)47-25-13-39(14-26-47)11-12-40-15-27-48(28-16-40)54(50-31-19-42(38-56)20-32-50)52-35-23-46(24-36-52)44-9-5-2-6-10-44/h1-10,13-38H,11-12H2. The fourth-order valence-corrected chi connectivity index (χ4v) is 7.08. The Bertz CT molecular complexity index is 2310. The van der Waals surface area contributed by atoms with E-state index < -0.39 is 0 Å². The van der Waals surface area contributed by atoms with Gasteiger partial charge in [0.1, 0.15) is 12.6 Å². The number of anilines is 6. The maximum atomic E-state index is 11.4. The lowest BCUT2D eigenvalue weighted by atomic mass is 10.0. The number of rotatable bonds is 13. The van der Waals surface area contributed by atoms with Gasteiger partial charge in [0, 0.05) is 45.3 Å². The van der Waals surface area contributed by atoms with Crippen LogP contribution in [-0.4, -0.2) is 12.6 Å². The SMILES string of the molecule is O=Cc1ccc(N(c2ccc(CCc3ccc(N(c4ccc(C=O)cc4)c4ccc(-c5ccccc5)cc4)cc3)cc2)c2ccc(-c3ccccc3)cc2)cc1. The number of carbonyl (C=O) groups is 2. The van der Waals surface area contributed by atoms with Gasteiger partial charge in [-0.1, -0.05) is 109 Å². The molecular weight excluding hydrogens is 685 g/mol. The minimum absolute atomic E-state index is 0.648. The maximum Gasteiger partial charge on any atom is 0.150 e. The molecule has 0 aliphatic heterocycles. The van der Waals surface area contributed by atoms with Crippen LogP contribution in [0, 0.1) is 0 Å². The number of hydrogen-bond donors (Lipinski definition) is 0. The molecule has 0 aromatic heterocycles. The minimum Gasteiger partial charge on any atom is -0.311 e. The summed E-state index contributed by atoms with van der Waals surface area (Å²) in [7, 11) is 0. The summed E-state index contributed by atoms with van der Waals surface area (Å²) in [5.41, 5.74) is 14.6. The molecule has 0 aliphatic carbocycles. The van der Waals surface area contributed by atoms with E-state index in [1.165, 1.54) is 22.3 Å². The van der Waals surface area contributed by atoms with Crippen LogP contribution in [0.1, 0.15) is 31.8 Å². The van der Waals surface area contributed by atoms with Crippen molar-refractivity contribution >= 4 is 46.7 Å². The topological polar surface area (TPSA) is 40.6 Å². The number of benzene rings is 8. The van der Waals surface area contributed by atoms with Crippen molar-refractivity contribution in [1.82, 2.24) is 0 Å². The molecule has 0 radical (unpaired) electrons. The van der Waals surface area contributed by atoms with Gasteiger partial charge in [0.25, 0.3) is 0 Å². The van der Waals surface area contributed by atoms with Gasteiger partial charge in [0.2, 0.25) is 0 Å². The highest BCUT2D eigenvalue weighted by atomic mass is 16.1. The van der Waals surface area contributed by atoms with E-state index in [-0.39, 0.29) is 0 Å². The van der Waals surface area contributed by atoms with Gasteiger partial charge in [-0.15, -0.1) is 0 Å². The highest BCUT2D eigenvalue weighted by Crippen LogP contribution is 2.38. The molecule has 0 heterocycles. The third kappa shape index (κ3) is 8.10. The molecule has 0 atom stereocenters. The molecule has 0 spiro atoms. The van der Waals surface area contributed by atoms with E-state index in [0.29, 0.717) is 11.1 Å². The van der Waals surface area contributed by atoms with Gasteiger partial charge in [0.05, 0.1) is 0 Å². The lowest BCUT2D eigenvalue weighted by Gasteiger charge is -2.26. The molecule has 8 aromatic rings. The molecule has 270 valence electrons. The van der Waals surface area contributed by atoms with Crippen molar-refractivity contribution < 1.29 is 9.59 Å². The van der Waals surface area contributed by atoms with Crippen LogP contribution in [0.15, 0.2) is 206 Å². The van der Waals surface area contributed by atoms with E-state index in [4.69, 9.17) is 0 Å². The molecule has 0 amide bonds. The zero-order valence-electron chi connectivity index (χ0n) is 30.9. The van der Waals surface area contributed by atoms with Crippen LogP contribution in [0.25, 0.3) is 22.3 Å². The average Bonchev–Trinajstić information content (AvgIpc) is 3.28. The first-order valence-corrected chi connectivity index (χ1v) is 18.8. The Hall–Kier alpha value is -7.30. The molecule has 0 N–H and O–H groups in total. The molecule has 4 heteroatoms. The maximum absolute atomic E-state index is 11.4. The Morgan fingerprint density at radius 2 is 0.536 bits per heavy atom. The second-order valence-electron chi connectivity index (χ2n) is 13.7. The monoisotopic (exact) mass is 724 g/mol. The van der Waals surface area contributed by atoms with Gasteiger partial charge >= 0.3 is 0 Å². The Morgan fingerprint density at radius 1 is 0.286 bits per heavy atom. The van der Waals surface area contributed by atoms with Gasteiger partial charge in [-0.2, -0.15) is 0 Å². The Kier molecular flexibility index (Phi) is 10.7. The van der Waals surface area contributed by atoms with Crippen LogP contribution in [-0.2, 0) is 12.8 Å². The number of carbonyl (C=O) groups excluding carboxylic acids is 2. The second kappa shape index (κ2) is 16.8. The van der Waals surface area contributed by atoms with E-state index in [2.05, 4.69) is 155 Å². The van der Waals surface area contributed by atoms with Gasteiger partial charge in [0.15, 0.2) is 0 Å². The molecule has 56 heavy (non-hydrogen) atoms. The molecule has 4 nitrogen and oxygen atoms in total. The molecule has 0 saturated heterocycles. The summed E-state index contributed by atoms with van der Waals surface area (Å²) < 4.78 is 0. The van der Waals surface area contributed by atoms with Crippen LogP contribution in [0.5, 0.6) is 0 Å². The number of hydrogen-bond acceptors (Lipinski definition) is 4. The number of nitrogens with zero attached hydrogens (tertiary/aromatic N) is 2. The minimum atomic E-state index is 0.648. The second-order valence-corrected chi connectivity index (χ2v) is 13.7. The number of aryl methyl sites for hydroxylation is 2. The van der Waals surface area contributed by atoms with E-state index in [1.807, 2.05) is 60.7 Å². The summed E-state index contributed by atoms with van der Waals surface area (Å²) in [4.78, 5) is 27.3. The summed E-state index contributed by atoms with van der Waals surface area (Å²) in [5.74, 6) is 0. The third-order valence-electron chi connectivity index (χ3n) is 10.1. The van der Waals surface area contributed by atoms with Gasteiger partial charge in [-0.05, 0) is 143 Å². The fraction of sp³-hybridized carbons (Fsp3) is 0.0385. The molecule has 0 fully saturated rings. The predicted octanol–water partition coefficient (Wildman–Crippen LogP) is 13.4. The first-order chi connectivity index (χ1) is 27.6. The van der Waals surface area contributed by atoms with Crippen molar-refractivity contribution in [3.8, 4) is 22.3 Å². The predicted molar refractivity (Wildman–Crippen MR) is 231 cm³/mol. The van der Waals surface area contributed by atoms with Crippen molar-refractivity contribution in [3.63, 3.8) is 0 Å². The van der Waals surface area contributed by atoms with E-state index in [0.717, 1.165) is 70.7 Å². The van der Waals surface area contributed by atoms with Crippen molar-refractivity contribution in [1.29, 1.82) is 0 Å². The van der Waals surface area contributed by atoms with Crippen molar-refractivity contribution in [2.24, 2.45) is 0 Å². The molecule has 8 aromatic carbocycles. The molecule has 0 unspecified atom stereocenters. The van der Waals surface area contributed by atoms with Gasteiger partial charge in [-0.3, -0.25) is 9.59 Å². The van der Waals surface area contributed by atoms with Gasteiger partial charge in [-0.25, -0.2) is 0 Å². The zero-order valence-corrected chi connectivity index (χ0v) is 30.9. The average molecular weight is 725 g/mol. The Balaban J connectivity index is 1.00. The Morgan fingerprint density at radius 3 is 0.821 bits per heavy atom. The molecule has 8 rings (SSSR count). The smallest absolute Gasteiger partial charge is 0.150 e. The van der Waals surface area contributed by atoms with E-state index in [9.17, 15) is 9.59 Å². The van der Waals surface area contributed by atoms with Crippen molar-refractivity contribution in [2.75, 3.05) is 9.80 Å². The molecular formula is C52H40N2O2. The summed E-state index contributed by atoms with van der Waals surface area (Å²) in [6.45, 7) is 0. The largest absolute Gasteiger partial charge is 0.311 e. The summed E-state index contributed by atoms with van der Waals surface area (Å²) >= 11 is 0. The van der Waals surface area contributed by atoms with Crippen LogP contribution in [0.2, 0.25) is 0 Å². The molecule has 0 aliphatic rings. The van der Waals surface area contributed by atoms with Crippen LogP contribution in [0.4, 0.5) is 34.1 Å². The van der Waals surface area contributed by atoms with Crippen LogP contribution >= 0.6 is 0 Å². The van der Waals surface area contributed by atoms with E-state index in [1.54, 1.807) is 0 Å². The first kappa shape index (κ1) is 35.7. The molecule has 0 bridgehead atoms. The lowest BCUT2D eigenvalue weighted by molar-refractivity contribution is 0.111. The summed E-state index contributed by atoms with van der Waals surface area (Å²) in [6, 6.07) is 70.9. The van der Waals surface area contributed by atoms with E-state index >= 15 is 0 Å². The summed E-state index contributed by atoms with van der Waals surface area (Å²) in [6.07, 6.45) is 3.55. The van der Waals surface area contributed by atoms with Crippen molar-refractivity contribution in [2.45, 2.75) is 12.8 Å². The Labute approximate surface area is 328 Å².